The van der Waals surface area contributed by atoms with Crippen molar-refractivity contribution in [2.75, 3.05) is 27.2 Å². The van der Waals surface area contributed by atoms with Gasteiger partial charge in [-0.2, -0.15) is 5.10 Å². The van der Waals surface area contributed by atoms with Crippen LogP contribution in [0.2, 0.25) is 0 Å². The van der Waals surface area contributed by atoms with Crippen molar-refractivity contribution < 1.29 is 4.74 Å². The van der Waals surface area contributed by atoms with Crippen LogP contribution < -0.4 is 10.6 Å². The number of hydrogen-bond donors (Lipinski definition) is 2. The molecular weight excluding hydrogens is 381 g/mol. The number of aromatic nitrogens is 2. The van der Waals surface area contributed by atoms with Gasteiger partial charge < -0.3 is 15.4 Å². The number of rotatable bonds is 7. The van der Waals surface area contributed by atoms with E-state index < -0.39 is 0 Å². The molecule has 0 aromatic carbocycles. The van der Waals surface area contributed by atoms with E-state index >= 15 is 0 Å². The van der Waals surface area contributed by atoms with Gasteiger partial charge in [-0.3, -0.25) is 9.67 Å². The molecule has 2 N–H and O–H groups in total. The SMILES string of the molecule is CN=C(NCC(C)Cn1cccn1)NCC(C)(C)OC.I. The van der Waals surface area contributed by atoms with Gasteiger partial charge in [0, 0.05) is 46.2 Å². The first kappa shape index (κ1) is 20.2. The summed E-state index contributed by atoms with van der Waals surface area (Å²) in [6.07, 6.45) is 3.78. The Hall–Kier alpha value is -0.830. The van der Waals surface area contributed by atoms with Crippen molar-refractivity contribution in [3.05, 3.63) is 18.5 Å². The van der Waals surface area contributed by atoms with Crippen LogP contribution >= 0.6 is 24.0 Å². The Labute approximate surface area is 144 Å². The molecule has 1 rings (SSSR count). The molecule has 0 spiro atoms. The van der Waals surface area contributed by atoms with Crippen LogP contribution in [0.3, 0.4) is 0 Å². The van der Waals surface area contributed by atoms with E-state index in [2.05, 4.69) is 27.6 Å². The van der Waals surface area contributed by atoms with E-state index in [0.29, 0.717) is 12.5 Å². The number of nitrogens with one attached hydrogen (secondary N) is 2. The van der Waals surface area contributed by atoms with Crippen LogP contribution in [0, 0.1) is 5.92 Å². The first-order valence-corrected chi connectivity index (χ1v) is 6.94. The Bertz CT molecular complexity index is 406. The van der Waals surface area contributed by atoms with Crippen molar-refractivity contribution in [2.45, 2.75) is 32.9 Å². The van der Waals surface area contributed by atoms with E-state index in [0.717, 1.165) is 19.0 Å². The van der Waals surface area contributed by atoms with E-state index in [4.69, 9.17) is 4.74 Å². The zero-order valence-electron chi connectivity index (χ0n) is 13.6. The number of methoxy groups -OCH3 is 1. The maximum atomic E-state index is 5.37. The summed E-state index contributed by atoms with van der Waals surface area (Å²) in [5.74, 6) is 1.26. The van der Waals surface area contributed by atoms with Gasteiger partial charge in [0.25, 0.3) is 0 Å². The molecule has 21 heavy (non-hydrogen) atoms. The average Bonchev–Trinajstić information content (AvgIpc) is 2.91. The van der Waals surface area contributed by atoms with Crippen molar-refractivity contribution in [3.63, 3.8) is 0 Å². The zero-order chi connectivity index (χ0) is 15.0. The Kier molecular flexibility index (Phi) is 9.60. The lowest BCUT2D eigenvalue weighted by molar-refractivity contribution is 0.0268. The molecule has 0 aliphatic heterocycles. The van der Waals surface area contributed by atoms with Crippen LogP contribution in [0.15, 0.2) is 23.5 Å². The van der Waals surface area contributed by atoms with Gasteiger partial charge in [-0.15, -0.1) is 24.0 Å². The molecule has 0 fully saturated rings. The molecule has 0 saturated heterocycles. The highest BCUT2D eigenvalue weighted by atomic mass is 127. The highest BCUT2D eigenvalue weighted by Crippen LogP contribution is 2.04. The van der Waals surface area contributed by atoms with E-state index in [9.17, 15) is 0 Å². The molecule has 6 nitrogen and oxygen atoms in total. The van der Waals surface area contributed by atoms with Crippen molar-refractivity contribution in [1.29, 1.82) is 0 Å². The maximum Gasteiger partial charge on any atom is 0.191 e. The number of nitrogens with zero attached hydrogens (tertiary/aromatic N) is 3. The van der Waals surface area contributed by atoms with E-state index in [1.54, 1.807) is 20.4 Å². The minimum atomic E-state index is -0.210. The second kappa shape index (κ2) is 9.99. The molecule has 0 aliphatic carbocycles. The van der Waals surface area contributed by atoms with Crippen molar-refractivity contribution in [2.24, 2.45) is 10.9 Å². The van der Waals surface area contributed by atoms with Crippen LogP contribution in [0.5, 0.6) is 0 Å². The van der Waals surface area contributed by atoms with Gasteiger partial charge in [0.05, 0.1) is 5.60 Å². The normalized spacial score (nSPS) is 13.5. The quantitative estimate of drug-likeness (QED) is 0.409. The smallest absolute Gasteiger partial charge is 0.191 e. The fourth-order valence-electron chi connectivity index (χ4n) is 1.65. The third-order valence-corrected chi connectivity index (χ3v) is 3.13. The first-order valence-electron chi connectivity index (χ1n) is 6.94. The number of guanidine groups is 1. The lowest BCUT2D eigenvalue weighted by Gasteiger charge is -2.25. The van der Waals surface area contributed by atoms with Crippen LogP contribution in [-0.2, 0) is 11.3 Å². The molecule has 1 aromatic heterocycles. The number of aliphatic imine (C=N–C) groups is 1. The van der Waals surface area contributed by atoms with Gasteiger partial charge in [-0.25, -0.2) is 0 Å². The molecule has 1 aromatic rings. The molecule has 0 saturated carbocycles. The molecule has 122 valence electrons. The number of hydrogen-bond acceptors (Lipinski definition) is 3. The lowest BCUT2D eigenvalue weighted by Crippen LogP contribution is -2.46. The first-order chi connectivity index (χ1) is 9.46. The summed E-state index contributed by atoms with van der Waals surface area (Å²) < 4.78 is 7.31. The van der Waals surface area contributed by atoms with Crippen molar-refractivity contribution in [1.82, 2.24) is 20.4 Å². The number of halogens is 1. The summed E-state index contributed by atoms with van der Waals surface area (Å²) in [6, 6.07) is 1.94. The molecule has 1 heterocycles. The second-order valence-electron chi connectivity index (χ2n) is 5.60. The van der Waals surface area contributed by atoms with Crippen molar-refractivity contribution in [3.8, 4) is 0 Å². The molecule has 0 amide bonds. The predicted molar refractivity (Wildman–Crippen MR) is 97.3 cm³/mol. The Balaban J connectivity index is 0.00000400. The summed E-state index contributed by atoms with van der Waals surface area (Å²) in [7, 11) is 3.48. The largest absolute Gasteiger partial charge is 0.377 e. The van der Waals surface area contributed by atoms with Gasteiger partial charge in [0.15, 0.2) is 5.96 Å². The van der Waals surface area contributed by atoms with Crippen LogP contribution in [0.4, 0.5) is 0 Å². The summed E-state index contributed by atoms with van der Waals surface area (Å²) in [5, 5.41) is 10.8. The summed E-state index contributed by atoms with van der Waals surface area (Å²) in [6.45, 7) is 8.69. The topological polar surface area (TPSA) is 63.5 Å². The predicted octanol–water partition coefficient (Wildman–Crippen LogP) is 1.73. The summed E-state index contributed by atoms with van der Waals surface area (Å²) >= 11 is 0. The fourth-order valence-corrected chi connectivity index (χ4v) is 1.65. The van der Waals surface area contributed by atoms with E-state index in [1.165, 1.54) is 0 Å². The molecular formula is C14H28IN5O. The minimum absolute atomic E-state index is 0. The van der Waals surface area contributed by atoms with Crippen LogP contribution in [0.25, 0.3) is 0 Å². The van der Waals surface area contributed by atoms with Crippen LogP contribution in [-0.4, -0.2) is 48.6 Å². The summed E-state index contributed by atoms with van der Waals surface area (Å²) in [4.78, 5) is 4.21. The maximum absolute atomic E-state index is 5.37. The summed E-state index contributed by atoms with van der Waals surface area (Å²) in [5.41, 5.74) is -0.210. The molecule has 0 bridgehead atoms. The van der Waals surface area contributed by atoms with Crippen LogP contribution in [0.1, 0.15) is 20.8 Å². The number of ether oxygens (including phenoxy) is 1. The van der Waals surface area contributed by atoms with Gasteiger partial charge in [-0.05, 0) is 25.8 Å². The Morgan fingerprint density at radius 2 is 2.14 bits per heavy atom. The standard InChI is InChI=1S/C14H27N5O.HI/c1-12(10-19-8-6-7-18-19)9-16-13(15-4)17-11-14(2,3)20-5;/h6-8,12H,9-11H2,1-5H3,(H2,15,16,17);1H. The zero-order valence-corrected chi connectivity index (χ0v) is 15.9. The highest BCUT2D eigenvalue weighted by Gasteiger charge is 2.16. The molecule has 7 heteroatoms. The Morgan fingerprint density at radius 3 is 2.67 bits per heavy atom. The van der Waals surface area contributed by atoms with Gasteiger partial charge >= 0.3 is 0 Å². The highest BCUT2D eigenvalue weighted by molar-refractivity contribution is 14.0. The fraction of sp³-hybridized carbons (Fsp3) is 0.714. The lowest BCUT2D eigenvalue weighted by atomic mass is 10.1. The van der Waals surface area contributed by atoms with Gasteiger partial charge in [-0.1, -0.05) is 6.92 Å². The third-order valence-electron chi connectivity index (χ3n) is 3.13. The molecule has 0 aliphatic rings. The molecule has 0 radical (unpaired) electrons. The Morgan fingerprint density at radius 1 is 1.43 bits per heavy atom. The minimum Gasteiger partial charge on any atom is -0.377 e. The van der Waals surface area contributed by atoms with Gasteiger partial charge in [0.1, 0.15) is 0 Å². The van der Waals surface area contributed by atoms with E-state index in [-0.39, 0.29) is 29.6 Å². The molecule has 1 unspecified atom stereocenters. The van der Waals surface area contributed by atoms with Gasteiger partial charge in [0.2, 0.25) is 0 Å². The monoisotopic (exact) mass is 409 g/mol. The molecule has 1 atom stereocenters. The second-order valence-corrected chi connectivity index (χ2v) is 5.60. The third kappa shape index (κ3) is 8.25. The van der Waals surface area contributed by atoms with E-state index in [1.807, 2.05) is 30.8 Å². The average molecular weight is 409 g/mol. The van der Waals surface area contributed by atoms with Crippen molar-refractivity contribution >= 4 is 29.9 Å².